The van der Waals surface area contributed by atoms with Crippen LogP contribution in [0.4, 0.5) is 5.69 Å². The van der Waals surface area contributed by atoms with Gasteiger partial charge in [-0.2, -0.15) is 0 Å². The van der Waals surface area contributed by atoms with E-state index >= 15 is 0 Å². The number of anilines is 1. The average molecular weight is 449 g/mol. The van der Waals surface area contributed by atoms with Crippen LogP contribution < -0.4 is 10.2 Å². The smallest absolute Gasteiger partial charge is 0.251 e. The largest absolute Gasteiger partial charge is 0.393 e. The third-order valence-corrected chi connectivity index (χ3v) is 7.23. The molecule has 2 aliphatic carbocycles. The van der Waals surface area contributed by atoms with Crippen LogP contribution in [0.5, 0.6) is 0 Å². The van der Waals surface area contributed by atoms with Gasteiger partial charge in [0.25, 0.3) is 5.91 Å². The number of aliphatic hydroxyl groups is 1. The van der Waals surface area contributed by atoms with Crippen LogP contribution >= 0.6 is 0 Å². The quantitative estimate of drug-likeness (QED) is 0.660. The maximum absolute atomic E-state index is 13.3. The molecule has 0 saturated heterocycles. The van der Waals surface area contributed by atoms with Crippen LogP contribution in [-0.4, -0.2) is 42.0 Å². The first-order valence-corrected chi connectivity index (χ1v) is 12.4. The highest BCUT2D eigenvalue weighted by atomic mass is 16.3. The predicted octanol–water partition coefficient (Wildman–Crippen LogP) is 4.65. The zero-order valence-corrected chi connectivity index (χ0v) is 19.9. The number of nitrogens with zero attached hydrogens (tertiary/aromatic N) is 1. The van der Waals surface area contributed by atoms with Crippen molar-refractivity contribution >= 4 is 17.4 Å². The first-order chi connectivity index (χ1) is 16.0. The Morgan fingerprint density at radius 1 is 1.12 bits per heavy atom. The van der Waals surface area contributed by atoms with Gasteiger partial charge >= 0.3 is 0 Å². The normalized spacial score (nSPS) is 25.1. The third kappa shape index (κ3) is 5.30. The van der Waals surface area contributed by atoms with Gasteiger partial charge in [-0.05, 0) is 82.1 Å². The van der Waals surface area contributed by atoms with E-state index in [0.29, 0.717) is 24.4 Å². The summed E-state index contributed by atoms with van der Waals surface area (Å²) in [5.41, 5.74) is 5.73. The summed E-state index contributed by atoms with van der Waals surface area (Å²) in [5, 5.41) is 13.0. The number of hydrogen-bond donors (Lipinski definition) is 2. The Morgan fingerprint density at radius 2 is 1.91 bits per heavy atom. The lowest BCUT2D eigenvalue weighted by Crippen LogP contribution is -2.40. The Labute approximate surface area is 197 Å². The number of allylic oxidation sites excluding steroid dienone is 5. The molecule has 0 spiro atoms. The van der Waals surface area contributed by atoms with Gasteiger partial charge in [-0.25, -0.2) is 0 Å². The predicted molar refractivity (Wildman–Crippen MR) is 133 cm³/mol. The molecule has 1 heterocycles. The fourth-order valence-corrected chi connectivity index (χ4v) is 5.50. The molecule has 0 radical (unpaired) electrons. The Hall–Kier alpha value is -2.66. The minimum absolute atomic E-state index is 0.122. The summed E-state index contributed by atoms with van der Waals surface area (Å²) in [5.74, 6) is -0.00109. The number of ketones is 1. The molecular formula is C28H36N2O3. The van der Waals surface area contributed by atoms with Crippen molar-refractivity contribution in [1.82, 2.24) is 5.32 Å². The van der Waals surface area contributed by atoms with Crippen molar-refractivity contribution in [2.75, 3.05) is 18.0 Å². The number of carbonyl (C=O) groups is 2. The molecule has 3 aliphatic rings. The topological polar surface area (TPSA) is 69.6 Å². The van der Waals surface area contributed by atoms with E-state index in [4.69, 9.17) is 0 Å². The van der Waals surface area contributed by atoms with Crippen LogP contribution in [0.2, 0.25) is 0 Å². The molecule has 1 aromatic carbocycles. The third-order valence-electron chi connectivity index (χ3n) is 7.23. The molecule has 2 N–H and O–H groups in total. The number of Topliss-reactive ketones (excluding diaryl/α,β-unsaturated/α-hetero) is 1. The summed E-state index contributed by atoms with van der Waals surface area (Å²) in [6.07, 6.45) is 12.7. The molecule has 0 atom stereocenters. The first-order valence-electron chi connectivity index (χ1n) is 12.4. The van der Waals surface area contributed by atoms with Gasteiger partial charge in [-0.3, -0.25) is 9.59 Å². The Kier molecular flexibility index (Phi) is 7.49. The highest BCUT2D eigenvalue weighted by Gasteiger charge is 2.27. The van der Waals surface area contributed by atoms with Gasteiger partial charge in [-0.1, -0.05) is 29.9 Å². The number of benzene rings is 1. The number of fused-ring (bicyclic) bond motifs is 1. The molecule has 176 valence electrons. The van der Waals surface area contributed by atoms with Gasteiger partial charge in [-0.15, -0.1) is 0 Å². The van der Waals surface area contributed by atoms with E-state index in [1.165, 1.54) is 0 Å². The fraction of sp³-hybridized carbons (Fsp3) is 0.500. The number of aliphatic hydroxyl groups excluding tert-OH is 1. The maximum Gasteiger partial charge on any atom is 0.251 e. The van der Waals surface area contributed by atoms with Crippen molar-refractivity contribution in [2.24, 2.45) is 0 Å². The Morgan fingerprint density at radius 3 is 2.67 bits per heavy atom. The monoisotopic (exact) mass is 448 g/mol. The lowest BCUT2D eigenvalue weighted by molar-refractivity contribution is -0.115. The van der Waals surface area contributed by atoms with Crippen molar-refractivity contribution in [3.05, 3.63) is 64.3 Å². The van der Waals surface area contributed by atoms with Gasteiger partial charge in [0.2, 0.25) is 0 Å². The molecular weight excluding hydrogens is 412 g/mol. The Bertz CT molecular complexity index is 996. The van der Waals surface area contributed by atoms with E-state index in [1.54, 1.807) is 0 Å². The summed E-state index contributed by atoms with van der Waals surface area (Å²) < 4.78 is 0. The van der Waals surface area contributed by atoms with Crippen molar-refractivity contribution in [1.29, 1.82) is 0 Å². The molecule has 1 aromatic rings. The van der Waals surface area contributed by atoms with Crippen LogP contribution in [0.15, 0.2) is 53.1 Å². The van der Waals surface area contributed by atoms with E-state index in [0.717, 1.165) is 73.0 Å². The first kappa shape index (κ1) is 23.5. The summed E-state index contributed by atoms with van der Waals surface area (Å²) in [4.78, 5) is 28.4. The summed E-state index contributed by atoms with van der Waals surface area (Å²) in [6.45, 7) is 5.30. The number of carbonyl (C=O) groups excluding carboxylic acids is 2. The van der Waals surface area contributed by atoms with E-state index in [9.17, 15) is 14.7 Å². The Balaban J connectivity index is 1.66. The number of amides is 1. The number of rotatable bonds is 3. The highest BCUT2D eigenvalue weighted by Crippen LogP contribution is 2.32. The minimum atomic E-state index is -0.189. The van der Waals surface area contributed by atoms with Gasteiger partial charge < -0.3 is 15.3 Å². The van der Waals surface area contributed by atoms with E-state index < -0.39 is 0 Å². The van der Waals surface area contributed by atoms with Gasteiger partial charge in [0, 0.05) is 42.4 Å². The van der Waals surface area contributed by atoms with Gasteiger partial charge in [0.1, 0.15) is 0 Å². The second-order valence-electron chi connectivity index (χ2n) is 9.54. The van der Waals surface area contributed by atoms with Crippen molar-refractivity contribution < 1.29 is 14.7 Å². The second kappa shape index (κ2) is 10.5. The lowest BCUT2D eigenvalue weighted by Gasteiger charge is -2.38. The van der Waals surface area contributed by atoms with Crippen molar-refractivity contribution in [2.45, 2.75) is 77.4 Å². The van der Waals surface area contributed by atoms with Crippen LogP contribution in [0.25, 0.3) is 0 Å². The van der Waals surface area contributed by atoms with Crippen molar-refractivity contribution in [3.8, 4) is 0 Å². The second-order valence-corrected chi connectivity index (χ2v) is 9.54. The molecule has 1 aliphatic heterocycles. The summed E-state index contributed by atoms with van der Waals surface area (Å²) in [6, 6.07) is 6.36. The molecule has 5 nitrogen and oxygen atoms in total. The molecule has 1 fully saturated rings. The maximum atomic E-state index is 13.3. The fourth-order valence-electron chi connectivity index (χ4n) is 5.50. The zero-order chi connectivity index (χ0) is 23.4. The summed E-state index contributed by atoms with van der Waals surface area (Å²) >= 11 is 0. The SMILES string of the molecule is CCN(c1cccc2c1C/C=C/CCC1=C(CNC2=O)C(=O)CC(C)=C1)C1CCC(O)CC1. The standard InChI is InChI=1S/C28H36N2O3/c1-3-30(21-12-14-22(31)15-13-21)26-11-7-10-24-23(26)9-6-4-5-8-20-16-19(2)17-27(32)25(20)18-29-28(24)33/h4,6-7,10-11,16,21-22,31H,3,5,8-9,12-15,17-18H2,1-2H3,(H,29,33)/b6-4+. The lowest BCUT2D eigenvalue weighted by atomic mass is 9.88. The average Bonchev–Trinajstić information content (AvgIpc) is 2.79. The molecule has 0 aromatic heterocycles. The molecule has 33 heavy (non-hydrogen) atoms. The van der Waals surface area contributed by atoms with Crippen LogP contribution in [0.1, 0.15) is 74.7 Å². The minimum Gasteiger partial charge on any atom is -0.393 e. The van der Waals surface area contributed by atoms with Crippen LogP contribution in [0.3, 0.4) is 0 Å². The van der Waals surface area contributed by atoms with Crippen LogP contribution in [0, 0.1) is 0 Å². The van der Waals surface area contributed by atoms with Gasteiger partial charge in [0.15, 0.2) is 5.78 Å². The number of nitrogens with one attached hydrogen (secondary N) is 1. The molecule has 1 saturated carbocycles. The van der Waals surface area contributed by atoms with Crippen LogP contribution in [-0.2, 0) is 11.2 Å². The molecule has 0 unspecified atom stereocenters. The van der Waals surface area contributed by atoms with E-state index in [1.807, 2.05) is 19.1 Å². The van der Waals surface area contributed by atoms with Crippen molar-refractivity contribution in [3.63, 3.8) is 0 Å². The zero-order valence-electron chi connectivity index (χ0n) is 19.9. The van der Waals surface area contributed by atoms with E-state index in [2.05, 4.69) is 41.4 Å². The molecule has 1 amide bonds. The molecule has 0 bridgehead atoms. The highest BCUT2D eigenvalue weighted by molar-refractivity contribution is 6.02. The molecule has 5 heteroatoms. The number of hydrogen-bond acceptors (Lipinski definition) is 4. The van der Waals surface area contributed by atoms with Gasteiger partial charge in [0.05, 0.1) is 6.10 Å². The summed E-state index contributed by atoms with van der Waals surface area (Å²) in [7, 11) is 0. The molecule has 4 rings (SSSR count). The van der Waals surface area contributed by atoms with E-state index in [-0.39, 0.29) is 24.3 Å².